The highest BCUT2D eigenvalue weighted by molar-refractivity contribution is 5.57. The highest BCUT2D eigenvalue weighted by Gasteiger charge is 2.22. The van der Waals surface area contributed by atoms with Gasteiger partial charge in [-0.1, -0.05) is 23.4 Å². The molecular formula is C18H22N6O. The van der Waals surface area contributed by atoms with Crippen molar-refractivity contribution in [2.75, 3.05) is 13.1 Å². The molecule has 130 valence electrons. The predicted molar refractivity (Wildman–Crippen MR) is 92.5 cm³/mol. The quantitative estimate of drug-likeness (QED) is 0.712. The molecule has 2 aromatic heterocycles. The number of aromatic nitrogens is 5. The van der Waals surface area contributed by atoms with Crippen LogP contribution in [0.15, 0.2) is 41.4 Å². The molecule has 1 saturated heterocycles. The largest absolute Gasteiger partial charge is 0.334 e. The second kappa shape index (κ2) is 7.14. The van der Waals surface area contributed by atoms with Gasteiger partial charge in [-0.2, -0.15) is 10.1 Å². The van der Waals surface area contributed by atoms with Gasteiger partial charge in [-0.05, 0) is 43.9 Å². The number of nitrogens with zero attached hydrogens (tertiary/aromatic N) is 6. The summed E-state index contributed by atoms with van der Waals surface area (Å²) in [6, 6.07) is 8.07. The van der Waals surface area contributed by atoms with Gasteiger partial charge in [-0.3, -0.25) is 9.58 Å². The summed E-state index contributed by atoms with van der Waals surface area (Å²) in [5.74, 6) is 1.93. The van der Waals surface area contributed by atoms with Gasteiger partial charge in [0.1, 0.15) is 12.7 Å². The first-order chi connectivity index (χ1) is 12.3. The van der Waals surface area contributed by atoms with E-state index < -0.39 is 0 Å². The van der Waals surface area contributed by atoms with E-state index in [2.05, 4.69) is 38.1 Å². The normalized spacial score (nSPS) is 18.5. The SMILES string of the molecule is Cc1ccccc1-c1nc(CN2CCC[C@@H](Cn3cncn3)C2)no1. The van der Waals surface area contributed by atoms with Crippen LogP contribution in [-0.2, 0) is 13.1 Å². The van der Waals surface area contributed by atoms with E-state index in [0.29, 0.717) is 11.8 Å². The summed E-state index contributed by atoms with van der Waals surface area (Å²) in [5.41, 5.74) is 2.15. The first-order valence-electron chi connectivity index (χ1n) is 8.71. The Morgan fingerprint density at radius 3 is 3.04 bits per heavy atom. The Hall–Kier alpha value is -2.54. The summed E-state index contributed by atoms with van der Waals surface area (Å²) in [4.78, 5) is 11.0. The smallest absolute Gasteiger partial charge is 0.258 e. The third-order valence-corrected chi connectivity index (χ3v) is 4.72. The topological polar surface area (TPSA) is 72.9 Å². The van der Waals surface area contributed by atoms with E-state index in [1.807, 2.05) is 22.9 Å². The number of hydrogen-bond acceptors (Lipinski definition) is 6. The van der Waals surface area contributed by atoms with Gasteiger partial charge in [-0.15, -0.1) is 0 Å². The maximum Gasteiger partial charge on any atom is 0.258 e. The molecule has 0 N–H and O–H groups in total. The average Bonchev–Trinajstić information content (AvgIpc) is 3.28. The zero-order valence-electron chi connectivity index (χ0n) is 14.4. The number of hydrogen-bond donors (Lipinski definition) is 0. The molecule has 4 rings (SSSR count). The predicted octanol–water partition coefficient (Wildman–Crippen LogP) is 2.55. The highest BCUT2D eigenvalue weighted by Crippen LogP contribution is 2.23. The fourth-order valence-electron chi connectivity index (χ4n) is 3.48. The zero-order chi connectivity index (χ0) is 17.1. The Bertz CT molecular complexity index is 813. The van der Waals surface area contributed by atoms with E-state index in [1.165, 1.54) is 12.8 Å². The minimum atomic E-state index is 0.582. The molecule has 0 spiro atoms. The van der Waals surface area contributed by atoms with Crippen LogP contribution in [0.3, 0.4) is 0 Å². The number of likely N-dealkylation sites (tertiary alicyclic amines) is 1. The summed E-state index contributed by atoms with van der Waals surface area (Å²) in [6.07, 6.45) is 5.78. The third kappa shape index (κ3) is 3.76. The van der Waals surface area contributed by atoms with Crippen LogP contribution in [0.25, 0.3) is 11.5 Å². The molecular weight excluding hydrogens is 316 g/mol. The summed E-state index contributed by atoms with van der Waals surface area (Å²) in [7, 11) is 0. The van der Waals surface area contributed by atoms with Crippen LogP contribution in [0.5, 0.6) is 0 Å². The van der Waals surface area contributed by atoms with Gasteiger partial charge in [0.2, 0.25) is 0 Å². The Labute approximate surface area is 146 Å². The second-order valence-electron chi connectivity index (χ2n) is 6.69. The third-order valence-electron chi connectivity index (χ3n) is 4.72. The van der Waals surface area contributed by atoms with E-state index in [-0.39, 0.29) is 0 Å². The van der Waals surface area contributed by atoms with Crippen LogP contribution in [0.4, 0.5) is 0 Å². The molecule has 1 atom stereocenters. The minimum Gasteiger partial charge on any atom is -0.334 e. The van der Waals surface area contributed by atoms with Crippen molar-refractivity contribution < 1.29 is 4.52 Å². The molecule has 0 bridgehead atoms. The van der Waals surface area contributed by atoms with Crippen molar-refractivity contribution in [1.82, 2.24) is 29.8 Å². The van der Waals surface area contributed by atoms with Crippen LogP contribution in [0, 0.1) is 12.8 Å². The van der Waals surface area contributed by atoms with E-state index in [0.717, 1.165) is 43.1 Å². The molecule has 1 aromatic carbocycles. The minimum absolute atomic E-state index is 0.582. The maximum atomic E-state index is 5.47. The number of benzene rings is 1. The molecule has 0 aliphatic carbocycles. The monoisotopic (exact) mass is 338 g/mol. The van der Waals surface area contributed by atoms with Crippen molar-refractivity contribution in [3.05, 3.63) is 48.3 Å². The fourth-order valence-corrected chi connectivity index (χ4v) is 3.48. The molecule has 0 radical (unpaired) electrons. The van der Waals surface area contributed by atoms with Gasteiger partial charge >= 0.3 is 0 Å². The standard InChI is InChI=1S/C18H22N6O/c1-14-5-2-3-7-16(14)18-21-17(22-25-18)11-23-8-4-6-15(9-23)10-24-13-19-12-20-24/h2-3,5,7,12-13,15H,4,6,8-11H2,1H3/t15-/m1/s1. The van der Waals surface area contributed by atoms with Gasteiger partial charge in [0.05, 0.1) is 6.54 Å². The van der Waals surface area contributed by atoms with Crippen LogP contribution >= 0.6 is 0 Å². The van der Waals surface area contributed by atoms with Gasteiger partial charge in [0, 0.05) is 18.7 Å². The van der Waals surface area contributed by atoms with E-state index in [1.54, 1.807) is 12.7 Å². The first-order valence-corrected chi connectivity index (χ1v) is 8.71. The molecule has 0 saturated carbocycles. The van der Waals surface area contributed by atoms with Crippen molar-refractivity contribution in [2.45, 2.75) is 32.9 Å². The lowest BCUT2D eigenvalue weighted by Gasteiger charge is -2.31. The van der Waals surface area contributed by atoms with Crippen molar-refractivity contribution in [3.63, 3.8) is 0 Å². The Morgan fingerprint density at radius 2 is 2.20 bits per heavy atom. The molecule has 25 heavy (non-hydrogen) atoms. The molecule has 0 unspecified atom stereocenters. The van der Waals surface area contributed by atoms with Crippen LogP contribution in [0.1, 0.15) is 24.2 Å². The second-order valence-corrected chi connectivity index (χ2v) is 6.69. The summed E-state index contributed by atoms with van der Waals surface area (Å²) < 4.78 is 7.39. The van der Waals surface area contributed by atoms with Gasteiger partial charge in [0.25, 0.3) is 5.89 Å². The molecule has 1 fully saturated rings. The van der Waals surface area contributed by atoms with Crippen LogP contribution < -0.4 is 0 Å². The average molecular weight is 338 g/mol. The number of aryl methyl sites for hydroxylation is 1. The fraction of sp³-hybridized carbons (Fsp3) is 0.444. The van der Waals surface area contributed by atoms with E-state index in [9.17, 15) is 0 Å². The van der Waals surface area contributed by atoms with Crippen molar-refractivity contribution in [1.29, 1.82) is 0 Å². The molecule has 1 aliphatic rings. The number of piperidine rings is 1. The molecule has 1 aliphatic heterocycles. The van der Waals surface area contributed by atoms with Crippen LogP contribution in [-0.4, -0.2) is 42.9 Å². The molecule has 3 aromatic rings. The van der Waals surface area contributed by atoms with Crippen molar-refractivity contribution in [3.8, 4) is 11.5 Å². The van der Waals surface area contributed by atoms with Crippen LogP contribution in [0.2, 0.25) is 0 Å². The lowest BCUT2D eigenvalue weighted by atomic mass is 9.98. The Balaban J connectivity index is 1.39. The van der Waals surface area contributed by atoms with Crippen molar-refractivity contribution in [2.24, 2.45) is 5.92 Å². The molecule has 3 heterocycles. The number of rotatable bonds is 5. The van der Waals surface area contributed by atoms with Crippen molar-refractivity contribution >= 4 is 0 Å². The van der Waals surface area contributed by atoms with E-state index >= 15 is 0 Å². The van der Waals surface area contributed by atoms with Gasteiger partial charge in [-0.25, -0.2) is 4.98 Å². The summed E-state index contributed by atoms with van der Waals surface area (Å²) in [6.45, 7) is 5.79. The van der Waals surface area contributed by atoms with Gasteiger partial charge < -0.3 is 4.52 Å². The lowest BCUT2D eigenvalue weighted by molar-refractivity contribution is 0.149. The van der Waals surface area contributed by atoms with E-state index in [4.69, 9.17) is 4.52 Å². The van der Waals surface area contributed by atoms with Gasteiger partial charge in [0.15, 0.2) is 5.82 Å². The molecule has 0 amide bonds. The molecule has 7 nitrogen and oxygen atoms in total. The first kappa shape index (κ1) is 16.0. The lowest BCUT2D eigenvalue weighted by Crippen LogP contribution is -2.36. The Kier molecular flexibility index (Phi) is 4.56. The Morgan fingerprint density at radius 1 is 1.28 bits per heavy atom. The highest BCUT2D eigenvalue weighted by atomic mass is 16.5. The summed E-state index contributed by atoms with van der Waals surface area (Å²) in [5, 5.41) is 8.39. The summed E-state index contributed by atoms with van der Waals surface area (Å²) >= 11 is 0. The zero-order valence-corrected chi connectivity index (χ0v) is 14.4. The maximum absolute atomic E-state index is 5.47. The molecule has 7 heteroatoms.